The Hall–Kier alpha value is -1.39. The maximum Gasteiger partial charge on any atom is 0.134 e. The Morgan fingerprint density at radius 1 is 1.40 bits per heavy atom. The van der Waals surface area contributed by atoms with Gasteiger partial charge in [-0.05, 0) is 43.7 Å². The van der Waals surface area contributed by atoms with E-state index in [4.69, 9.17) is 9.15 Å². The topological polar surface area (TPSA) is 34.4 Å². The van der Waals surface area contributed by atoms with E-state index in [-0.39, 0.29) is 11.9 Å². The highest BCUT2D eigenvalue weighted by molar-refractivity contribution is 5.78. The Labute approximate surface area is 118 Å². The van der Waals surface area contributed by atoms with Crippen LogP contribution in [0.2, 0.25) is 0 Å². The Morgan fingerprint density at radius 3 is 3.05 bits per heavy atom. The minimum absolute atomic E-state index is 0.135. The van der Waals surface area contributed by atoms with Crippen LogP contribution in [0.1, 0.15) is 31.6 Å². The van der Waals surface area contributed by atoms with Crippen molar-refractivity contribution in [3.05, 3.63) is 35.8 Å². The lowest BCUT2D eigenvalue weighted by Crippen LogP contribution is -2.33. The number of rotatable bonds is 4. The molecule has 0 spiro atoms. The summed E-state index contributed by atoms with van der Waals surface area (Å²) in [6.45, 7) is 4.55. The lowest BCUT2D eigenvalue weighted by molar-refractivity contribution is 0.0361. The van der Waals surface area contributed by atoms with E-state index < -0.39 is 0 Å². The molecule has 20 heavy (non-hydrogen) atoms. The van der Waals surface area contributed by atoms with Gasteiger partial charge in [0.05, 0.1) is 12.6 Å². The maximum atomic E-state index is 13.3. The molecule has 0 bridgehead atoms. The highest BCUT2D eigenvalue weighted by atomic mass is 19.1. The molecular formula is C16H20FNO2. The summed E-state index contributed by atoms with van der Waals surface area (Å²) in [5, 5.41) is 4.30. The van der Waals surface area contributed by atoms with Gasteiger partial charge < -0.3 is 14.5 Å². The number of halogens is 1. The lowest BCUT2D eigenvalue weighted by Gasteiger charge is -2.29. The van der Waals surface area contributed by atoms with E-state index in [2.05, 4.69) is 12.2 Å². The largest absolute Gasteiger partial charge is 0.459 e. The molecule has 0 aliphatic carbocycles. The second-order valence-electron chi connectivity index (χ2n) is 5.34. The molecule has 3 rings (SSSR count). The average Bonchev–Trinajstić information content (AvgIpc) is 2.88. The molecule has 1 aromatic heterocycles. The van der Waals surface area contributed by atoms with Crippen LogP contribution in [0.4, 0.5) is 4.39 Å². The van der Waals surface area contributed by atoms with Crippen LogP contribution in [0, 0.1) is 11.7 Å². The van der Waals surface area contributed by atoms with Crippen molar-refractivity contribution < 1.29 is 13.5 Å². The SMILES string of the molecule is CCNC(c1cc2cc(F)ccc2o1)C1CCCOC1. The van der Waals surface area contributed by atoms with Gasteiger partial charge in [0.2, 0.25) is 0 Å². The number of nitrogens with one attached hydrogen (secondary N) is 1. The van der Waals surface area contributed by atoms with E-state index in [1.165, 1.54) is 12.1 Å². The first kappa shape index (κ1) is 13.6. The van der Waals surface area contributed by atoms with Crippen molar-refractivity contribution >= 4 is 11.0 Å². The van der Waals surface area contributed by atoms with Gasteiger partial charge in [0.1, 0.15) is 17.2 Å². The van der Waals surface area contributed by atoms with Crippen LogP contribution in [0.3, 0.4) is 0 Å². The summed E-state index contributed by atoms with van der Waals surface area (Å²) >= 11 is 0. The summed E-state index contributed by atoms with van der Waals surface area (Å²) in [6.07, 6.45) is 2.21. The fourth-order valence-corrected chi connectivity index (χ4v) is 2.94. The molecule has 3 nitrogen and oxygen atoms in total. The van der Waals surface area contributed by atoms with Crippen molar-refractivity contribution in [3.63, 3.8) is 0 Å². The summed E-state index contributed by atoms with van der Waals surface area (Å²) in [7, 11) is 0. The zero-order valence-electron chi connectivity index (χ0n) is 11.7. The molecule has 0 amide bonds. The van der Waals surface area contributed by atoms with E-state index in [1.54, 1.807) is 6.07 Å². The smallest absolute Gasteiger partial charge is 0.134 e. The van der Waals surface area contributed by atoms with Gasteiger partial charge in [0.25, 0.3) is 0 Å². The second-order valence-corrected chi connectivity index (χ2v) is 5.34. The molecule has 2 aromatic rings. The van der Waals surface area contributed by atoms with Crippen molar-refractivity contribution in [2.24, 2.45) is 5.92 Å². The molecule has 1 saturated heterocycles. The molecule has 2 atom stereocenters. The normalized spacial score (nSPS) is 21.2. The predicted molar refractivity (Wildman–Crippen MR) is 76.1 cm³/mol. The van der Waals surface area contributed by atoms with Gasteiger partial charge in [0, 0.05) is 17.9 Å². The molecule has 1 aliphatic heterocycles. The van der Waals surface area contributed by atoms with E-state index in [9.17, 15) is 4.39 Å². The Morgan fingerprint density at radius 2 is 2.30 bits per heavy atom. The third-order valence-electron chi connectivity index (χ3n) is 3.89. The first-order valence-corrected chi connectivity index (χ1v) is 7.28. The number of hydrogen-bond donors (Lipinski definition) is 1. The van der Waals surface area contributed by atoms with Crippen molar-refractivity contribution in [2.45, 2.75) is 25.8 Å². The summed E-state index contributed by atoms with van der Waals surface area (Å²) in [4.78, 5) is 0. The van der Waals surface area contributed by atoms with Gasteiger partial charge in [-0.3, -0.25) is 0 Å². The minimum atomic E-state index is -0.231. The molecule has 2 heterocycles. The molecule has 0 saturated carbocycles. The van der Waals surface area contributed by atoms with Crippen molar-refractivity contribution in [2.75, 3.05) is 19.8 Å². The number of hydrogen-bond acceptors (Lipinski definition) is 3. The first-order chi connectivity index (χ1) is 9.78. The predicted octanol–water partition coefficient (Wildman–Crippen LogP) is 3.65. The third-order valence-corrected chi connectivity index (χ3v) is 3.89. The minimum Gasteiger partial charge on any atom is -0.459 e. The van der Waals surface area contributed by atoms with E-state index in [0.717, 1.165) is 49.3 Å². The number of benzene rings is 1. The quantitative estimate of drug-likeness (QED) is 0.926. The molecule has 1 N–H and O–H groups in total. The number of fused-ring (bicyclic) bond motifs is 1. The number of ether oxygens (including phenoxy) is 1. The van der Waals surface area contributed by atoms with Gasteiger partial charge in [-0.1, -0.05) is 6.92 Å². The van der Waals surface area contributed by atoms with Crippen LogP contribution in [0.5, 0.6) is 0 Å². The molecule has 4 heteroatoms. The molecule has 1 aromatic carbocycles. The average molecular weight is 277 g/mol. The summed E-state index contributed by atoms with van der Waals surface area (Å²) in [5.41, 5.74) is 0.737. The zero-order chi connectivity index (χ0) is 13.9. The molecule has 1 fully saturated rings. The molecule has 108 valence electrons. The van der Waals surface area contributed by atoms with Crippen LogP contribution >= 0.6 is 0 Å². The Bertz CT molecular complexity index is 575. The molecular weight excluding hydrogens is 257 g/mol. The maximum absolute atomic E-state index is 13.3. The fourth-order valence-electron chi connectivity index (χ4n) is 2.94. The standard InChI is InChI=1S/C16H20FNO2/c1-2-18-16(11-4-3-7-19-10-11)15-9-12-8-13(17)5-6-14(12)20-15/h5-6,8-9,11,16,18H,2-4,7,10H2,1H3. The highest BCUT2D eigenvalue weighted by Gasteiger charge is 2.27. The van der Waals surface area contributed by atoms with Crippen LogP contribution in [0.15, 0.2) is 28.7 Å². The monoisotopic (exact) mass is 277 g/mol. The summed E-state index contributed by atoms with van der Waals surface area (Å²) in [6, 6.07) is 6.72. The summed E-state index contributed by atoms with van der Waals surface area (Å²) in [5.74, 6) is 1.06. The van der Waals surface area contributed by atoms with E-state index in [0.29, 0.717) is 5.92 Å². The van der Waals surface area contributed by atoms with Gasteiger partial charge in [-0.25, -0.2) is 4.39 Å². The summed E-state index contributed by atoms with van der Waals surface area (Å²) < 4.78 is 24.8. The van der Waals surface area contributed by atoms with Crippen molar-refractivity contribution in [1.29, 1.82) is 0 Å². The Balaban J connectivity index is 1.91. The zero-order valence-corrected chi connectivity index (χ0v) is 11.7. The van der Waals surface area contributed by atoms with Gasteiger partial charge in [0.15, 0.2) is 0 Å². The van der Waals surface area contributed by atoms with Crippen LogP contribution in [0.25, 0.3) is 11.0 Å². The number of furan rings is 1. The van der Waals surface area contributed by atoms with E-state index in [1.807, 2.05) is 6.07 Å². The third kappa shape index (κ3) is 2.72. The molecule has 0 radical (unpaired) electrons. The van der Waals surface area contributed by atoms with Gasteiger partial charge in [-0.2, -0.15) is 0 Å². The molecule has 2 unspecified atom stereocenters. The van der Waals surface area contributed by atoms with E-state index >= 15 is 0 Å². The van der Waals surface area contributed by atoms with Crippen molar-refractivity contribution in [1.82, 2.24) is 5.32 Å². The van der Waals surface area contributed by atoms with Crippen LogP contribution < -0.4 is 5.32 Å². The van der Waals surface area contributed by atoms with Crippen molar-refractivity contribution in [3.8, 4) is 0 Å². The lowest BCUT2D eigenvalue weighted by atomic mass is 9.92. The first-order valence-electron chi connectivity index (χ1n) is 7.28. The molecule has 1 aliphatic rings. The van der Waals surface area contributed by atoms with Crippen LogP contribution in [-0.2, 0) is 4.74 Å². The highest BCUT2D eigenvalue weighted by Crippen LogP contribution is 2.32. The Kier molecular flexibility index (Phi) is 4.03. The van der Waals surface area contributed by atoms with Crippen LogP contribution in [-0.4, -0.2) is 19.8 Å². The van der Waals surface area contributed by atoms with Gasteiger partial charge in [-0.15, -0.1) is 0 Å². The van der Waals surface area contributed by atoms with Gasteiger partial charge >= 0.3 is 0 Å². The second kappa shape index (κ2) is 5.94. The fraction of sp³-hybridized carbons (Fsp3) is 0.500.